The van der Waals surface area contributed by atoms with E-state index in [1.54, 1.807) is 0 Å². The Labute approximate surface area is 177 Å². The minimum absolute atomic E-state index is 0.529. The maximum absolute atomic E-state index is 5.88. The fourth-order valence-electron chi connectivity index (χ4n) is 3.17. The van der Waals surface area contributed by atoms with Crippen molar-refractivity contribution in [3.05, 3.63) is 120 Å². The van der Waals surface area contributed by atoms with Gasteiger partial charge < -0.3 is 9.47 Å². The molecule has 30 heavy (non-hydrogen) atoms. The van der Waals surface area contributed by atoms with Gasteiger partial charge in [0, 0.05) is 0 Å². The number of ether oxygens (including phenoxy) is 2. The second-order valence-corrected chi connectivity index (χ2v) is 6.92. The zero-order chi connectivity index (χ0) is 20.4. The number of hydrogen-bond donors (Lipinski definition) is 0. The molecule has 4 aromatic carbocycles. The second-order valence-electron chi connectivity index (χ2n) is 6.92. The largest absolute Gasteiger partial charge is 0.490 e. The zero-order valence-corrected chi connectivity index (χ0v) is 16.8. The van der Waals surface area contributed by atoms with Crippen molar-refractivity contribution in [2.24, 2.45) is 0 Å². The lowest BCUT2D eigenvalue weighted by molar-refractivity contribution is 0.363. The van der Waals surface area contributed by atoms with Crippen LogP contribution in [0.2, 0.25) is 0 Å². The summed E-state index contributed by atoms with van der Waals surface area (Å²) in [5.41, 5.74) is 2.34. The van der Waals surface area contributed by atoms with Gasteiger partial charge in [-0.2, -0.15) is 0 Å². The molecule has 0 bridgehead atoms. The van der Waals surface area contributed by atoms with E-state index in [-0.39, 0.29) is 0 Å². The summed E-state index contributed by atoms with van der Waals surface area (Å²) in [6.45, 7) is 1.06. The molecule has 0 fully saturated rings. The minimum Gasteiger partial charge on any atom is -0.490 e. The van der Waals surface area contributed by atoms with Crippen molar-refractivity contribution in [2.45, 2.75) is 0 Å². The maximum Gasteiger partial charge on any atom is 0.120 e. The summed E-state index contributed by atoms with van der Waals surface area (Å²) in [7, 11) is 0. The highest BCUT2D eigenvalue weighted by Crippen LogP contribution is 2.25. The Bertz CT molecular complexity index is 1040. The van der Waals surface area contributed by atoms with Gasteiger partial charge in [-0.1, -0.05) is 84.9 Å². The molecule has 0 atom stereocenters. The first-order valence-corrected chi connectivity index (χ1v) is 10.1. The van der Waals surface area contributed by atoms with Crippen LogP contribution >= 0.6 is 0 Å². The van der Waals surface area contributed by atoms with E-state index in [9.17, 15) is 0 Å². The van der Waals surface area contributed by atoms with Crippen LogP contribution in [0.15, 0.2) is 109 Å². The summed E-state index contributed by atoms with van der Waals surface area (Å²) in [6, 6.07) is 32.7. The molecule has 0 saturated carbocycles. The summed E-state index contributed by atoms with van der Waals surface area (Å²) in [6.07, 6.45) is 8.18. The van der Waals surface area contributed by atoms with Gasteiger partial charge in [-0.15, -0.1) is 0 Å². The van der Waals surface area contributed by atoms with Crippen LogP contribution in [-0.4, -0.2) is 13.2 Å². The fourth-order valence-corrected chi connectivity index (χ4v) is 3.17. The van der Waals surface area contributed by atoms with Crippen molar-refractivity contribution in [1.29, 1.82) is 0 Å². The molecule has 0 aliphatic carbocycles. The van der Waals surface area contributed by atoms with Gasteiger partial charge in [0.25, 0.3) is 0 Å². The topological polar surface area (TPSA) is 18.5 Å². The first-order valence-electron chi connectivity index (χ1n) is 10.1. The molecule has 2 heteroatoms. The van der Waals surface area contributed by atoms with Gasteiger partial charge in [0.2, 0.25) is 0 Å². The van der Waals surface area contributed by atoms with E-state index in [1.807, 2.05) is 60.7 Å². The highest BCUT2D eigenvalue weighted by Gasteiger charge is 2.00. The van der Waals surface area contributed by atoms with Crippen LogP contribution < -0.4 is 9.47 Å². The van der Waals surface area contributed by atoms with Crippen molar-refractivity contribution < 1.29 is 9.47 Å². The second kappa shape index (κ2) is 10.1. The van der Waals surface area contributed by atoms with Crippen LogP contribution in [0.3, 0.4) is 0 Å². The normalized spacial score (nSPS) is 11.3. The Kier molecular flexibility index (Phi) is 6.59. The highest BCUT2D eigenvalue weighted by atomic mass is 16.5. The third-order valence-corrected chi connectivity index (χ3v) is 4.70. The molecule has 0 amide bonds. The smallest absolute Gasteiger partial charge is 0.120 e. The summed E-state index contributed by atoms with van der Waals surface area (Å²) in [4.78, 5) is 0. The van der Waals surface area contributed by atoms with Crippen LogP contribution in [-0.2, 0) is 0 Å². The van der Waals surface area contributed by atoms with Crippen LogP contribution in [0.4, 0.5) is 0 Å². The molecule has 0 aromatic heterocycles. The zero-order valence-electron chi connectivity index (χ0n) is 16.8. The van der Waals surface area contributed by atoms with Crippen molar-refractivity contribution in [2.75, 3.05) is 13.2 Å². The molecule has 0 aliphatic rings. The van der Waals surface area contributed by atoms with Crippen molar-refractivity contribution >= 4 is 22.9 Å². The van der Waals surface area contributed by atoms with E-state index in [0.717, 1.165) is 22.3 Å². The van der Waals surface area contributed by atoms with E-state index in [2.05, 4.69) is 60.7 Å². The standard InChI is InChI=1S/C28H24O2/c1-3-9-23(10-4-1)13-7-19-29-27-17-15-25-16-18-28(22-26(25)21-27)30-20-8-14-24-11-5-2-6-12-24/h1-18,21-22H,19-20H2/b13-7+,14-8+. The maximum atomic E-state index is 5.88. The predicted octanol–water partition coefficient (Wildman–Crippen LogP) is 7.02. The lowest BCUT2D eigenvalue weighted by Crippen LogP contribution is -1.94. The summed E-state index contributed by atoms with van der Waals surface area (Å²) in [5.74, 6) is 1.70. The quantitative estimate of drug-likeness (QED) is 0.321. The Morgan fingerprint density at radius 1 is 0.500 bits per heavy atom. The van der Waals surface area contributed by atoms with Gasteiger partial charge in [-0.3, -0.25) is 0 Å². The third-order valence-electron chi connectivity index (χ3n) is 4.70. The first kappa shape index (κ1) is 19.5. The molecule has 0 unspecified atom stereocenters. The lowest BCUT2D eigenvalue weighted by Gasteiger charge is -2.08. The molecule has 0 aliphatic heterocycles. The first-order chi connectivity index (χ1) is 14.9. The van der Waals surface area contributed by atoms with Gasteiger partial charge in [-0.05, 0) is 58.3 Å². The molecule has 0 spiro atoms. The Hall–Kier alpha value is -3.78. The molecule has 2 nitrogen and oxygen atoms in total. The molecular weight excluding hydrogens is 368 g/mol. The van der Waals surface area contributed by atoms with Gasteiger partial charge in [0.1, 0.15) is 24.7 Å². The Balaban J connectivity index is 1.35. The highest BCUT2D eigenvalue weighted by molar-refractivity contribution is 5.85. The summed E-state index contributed by atoms with van der Waals surface area (Å²) >= 11 is 0. The third kappa shape index (κ3) is 5.62. The number of benzene rings is 4. The molecule has 0 heterocycles. The number of fused-ring (bicyclic) bond motifs is 1. The summed E-state index contributed by atoms with van der Waals surface area (Å²) < 4.78 is 11.8. The van der Waals surface area contributed by atoms with Gasteiger partial charge in [0.15, 0.2) is 0 Å². The summed E-state index contributed by atoms with van der Waals surface area (Å²) in [5, 5.41) is 2.26. The van der Waals surface area contributed by atoms with E-state index >= 15 is 0 Å². The molecule has 0 N–H and O–H groups in total. The van der Waals surface area contributed by atoms with Gasteiger partial charge in [-0.25, -0.2) is 0 Å². The van der Waals surface area contributed by atoms with Crippen molar-refractivity contribution in [3.8, 4) is 11.5 Å². The van der Waals surface area contributed by atoms with Crippen LogP contribution in [0.1, 0.15) is 11.1 Å². The monoisotopic (exact) mass is 392 g/mol. The Morgan fingerprint density at radius 2 is 0.967 bits per heavy atom. The molecule has 0 saturated heterocycles. The SMILES string of the molecule is C(=C\c1ccccc1)/COc1ccc2ccc(OC/C=C/c3ccccc3)cc2c1. The number of rotatable bonds is 8. The molecule has 4 aromatic rings. The average molecular weight is 392 g/mol. The minimum atomic E-state index is 0.529. The predicted molar refractivity (Wildman–Crippen MR) is 126 cm³/mol. The Morgan fingerprint density at radius 3 is 1.43 bits per heavy atom. The van der Waals surface area contributed by atoms with E-state index in [4.69, 9.17) is 9.47 Å². The van der Waals surface area contributed by atoms with Crippen LogP contribution in [0, 0.1) is 0 Å². The van der Waals surface area contributed by atoms with E-state index < -0.39 is 0 Å². The van der Waals surface area contributed by atoms with Crippen molar-refractivity contribution in [3.63, 3.8) is 0 Å². The molecule has 148 valence electrons. The molecular formula is C28H24O2. The number of hydrogen-bond acceptors (Lipinski definition) is 2. The fraction of sp³-hybridized carbons (Fsp3) is 0.0714. The van der Waals surface area contributed by atoms with Crippen LogP contribution in [0.5, 0.6) is 11.5 Å². The van der Waals surface area contributed by atoms with Gasteiger partial charge in [0.05, 0.1) is 0 Å². The molecule has 0 radical (unpaired) electrons. The average Bonchev–Trinajstić information content (AvgIpc) is 2.81. The molecule has 4 rings (SSSR count). The van der Waals surface area contributed by atoms with E-state index in [1.165, 1.54) is 11.1 Å². The lowest BCUT2D eigenvalue weighted by atomic mass is 10.1. The van der Waals surface area contributed by atoms with Crippen molar-refractivity contribution in [1.82, 2.24) is 0 Å². The van der Waals surface area contributed by atoms with Gasteiger partial charge >= 0.3 is 0 Å². The van der Waals surface area contributed by atoms with Crippen LogP contribution in [0.25, 0.3) is 22.9 Å². The van der Waals surface area contributed by atoms with E-state index in [0.29, 0.717) is 13.2 Å².